The van der Waals surface area contributed by atoms with Crippen LogP contribution in [-0.4, -0.2) is 60.5 Å². The fourth-order valence-electron chi connectivity index (χ4n) is 6.21. The Labute approximate surface area is 236 Å². The second kappa shape index (κ2) is 10.5. The van der Waals surface area contributed by atoms with Crippen LogP contribution < -0.4 is 15.9 Å². The van der Waals surface area contributed by atoms with E-state index >= 15 is 0 Å². The van der Waals surface area contributed by atoms with E-state index in [0.29, 0.717) is 28.2 Å². The Balaban J connectivity index is 1.16. The molecule has 0 bridgehead atoms. The molecule has 2 saturated heterocycles. The third-order valence-electron chi connectivity index (χ3n) is 8.49. The molecule has 9 heteroatoms. The lowest BCUT2D eigenvalue weighted by Gasteiger charge is -2.39. The number of hydrogen-bond acceptors (Lipinski definition) is 7. The van der Waals surface area contributed by atoms with Gasteiger partial charge in [-0.25, -0.2) is 4.98 Å². The summed E-state index contributed by atoms with van der Waals surface area (Å²) in [6.07, 6.45) is 7.47. The average Bonchev–Trinajstić information content (AvgIpc) is 3.24. The van der Waals surface area contributed by atoms with Gasteiger partial charge in [0.05, 0.1) is 25.1 Å². The maximum atomic E-state index is 12.9. The number of aryl methyl sites for hydroxylation is 3. The smallest absolute Gasteiger partial charge is 0.229 e. The largest absolute Gasteiger partial charge is 0.380 e. The highest BCUT2D eigenvalue weighted by Crippen LogP contribution is 2.41. The summed E-state index contributed by atoms with van der Waals surface area (Å²) in [6, 6.07) is 13.1. The summed E-state index contributed by atoms with van der Waals surface area (Å²) in [4.78, 5) is 11.8. The van der Waals surface area contributed by atoms with Crippen LogP contribution >= 0.6 is 18.7 Å². The third kappa shape index (κ3) is 5.74. The molecule has 0 unspecified atom stereocenters. The minimum Gasteiger partial charge on any atom is -0.380 e. The van der Waals surface area contributed by atoms with Gasteiger partial charge in [-0.15, -0.1) is 0 Å². The normalized spacial score (nSPS) is 20.8. The molecule has 6 rings (SSSR count). The maximum absolute atomic E-state index is 12.9. The standard InChI is InChI=1S/C30H37ClN5O2P/c1-20-4-11-26(27(14-20)39(2,3)37)34-28-25(31)16-32-29(35-28)33-23-8-5-21-6-9-24(10-7-22(21)15-23)36-13-12-30(17-36)18-38-19-30/h4-5,8,11,14-16,24H,6-7,9-10,12-13,17-19H2,1-3H3,(H2,32,33,34,35)/t24-/m0/s1. The van der Waals surface area contributed by atoms with Gasteiger partial charge >= 0.3 is 0 Å². The zero-order valence-corrected chi connectivity index (χ0v) is 24.6. The van der Waals surface area contributed by atoms with Crippen LogP contribution in [0.15, 0.2) is 42.6 Å². The molecule has 7 nitrogen and oxygen atoms in total. The molecule has 3 aromatic rings. The molecule has 2 fully saturated rings. The van der Waals surface area contributed by atoms with E-state index in [1.165, 1.54) is 43.5 Å². The van der Waals surface area contributed by atoms with Crippen molar-refractivity contribution in [2.45, 2.75) is 45.1 Å². The van der Waals surface area contributed by atoms with Gasteiger partial charge in [-0.05, 0) is 94.3 Å². The van der Waals surface area contributed by atoms with Gasteiger partial charge in [0.15, 0.2) is 5.82 Å². The Morgan fingerprint density at radius 3 is 2.59 bits per heavy atom. The van der Waals surface area contributed by atoms with Crippen LogP contribution in [0.3, 0.4) is 0 Å². The number of likely N-dealkylation sites (tertiary alicyclic amines) is 1. The molecule has 206 valence electrons. The fourth-order valence-corrected chi connectivity index (χ4v) is 7.57. The van der Waals surface area contributed by atoms with E-state index in [0.717, 1.165) is 48.3 Å². The number of halogens is 1. The Hall–Kier alpha value is -2.44. The van der Waals surface area contributed by atoms with Crippen LogP contribution in [0, 0.1) is 12.3 Å². The maximum Gasteiger partial charge on any atom is 0.229 e. The monoisotopic (exact) mass is 565 g/mol. The lowest BCUT2D eigenvalue weighted by molar-refractivity contribution is -0.106. The fraction of sp³-hybridized carbons (Fsp3) is 0.467. The first kappa shape index (κ1) is 26.8. The molecule has 3 heterocycles. The number of ether oxygens (including phenoxy) is 1. The second-order valence-electron chi connectivity index (χ2n) is 11.9. The number of fused-ring (bicyclic) bond motifs is 1. The first-order valence-corrected chi connectivity index (χ1v) is 16.8. The van der Waals surface area contributed by atoms with Crippen LogP contribution in [0.2, 0.25) is 5.02 Å². The lowest BCUT2D eigenvalue weighted by Crippen LogP contribution is -2.46. The minimum atomic E-state index is -2.51. The van der Waals surface area contributed by atoms with E-state index in [9.17, 15) is 4.57 Å². The van der Waals surface area contributed by atoms with E-state index in [2.05, 4.69) is 43.7 Å². The molecule has 2 N–H and O–H groups in total. The zero-order chi connectivity index (χ0) is 27.2. The summed E-state index contributed by atoms with van der Waals surface area (Å²) >= 11 is 6.46. The Bertz CT molecular complexity index is 1440. The lowest BCUT2D eigenvalue weighted by atomic mass is 9.85. The minimum absolute atomic E-state index is 0.402. The zero-order valence-electron chi connectivity index (χ0n) is 23.0. The molecule has 39 heavy (non-hydrogen) atoms. The van der Waals surface area contributed by atoms with Gasteiger partial charge < -0.3 is 19.9 Å². The van der Waals surface area contributed by atoms with E-state index in [1.807, 2.05) is 25.1 Å². The van der Waals surface area contributed by atoms with Gasteiger partial charge in [0.1, 0.15) is 12.2 Å². The molecule has 0 amide bonds. The first-order chi connectivity index (χ1) is 18.7. The predicted octanol–water partition coefficient (Wildman–Crippen LogP) is 6.14. The van der Waals surface area contributed by atoms with E-state index in [4.69, 9.17) is 16.3 Å². The number of rotatable bonds is 6. The molecule has 2 aliphatic heterocycles. The van der Waals surface area contributed by atoms with Crippen molar-refractivity contribution in [1.29, 1.82) is 0 Å². The van der Waals surface area contributed by atoms with Crippen molar-refractivity contribution in [2.75, 3.05) is 50.3 Å². The van der Waals surface area contributed by atoms with Gasteiger partial charge in [-0.1, -0.05) is 29.3 Å². The highest BCUT2D eigenvalue weighted by Gasteiger charge is 2.45. The van der Waals surface area contributed by atoms with Gasteiger partial charge in [0.2, 0.25) is 5.95 Å². The first-order valence-electron chi connectivity index (χ1n) is 13.8. The van der Waals surface area contributed by atoms with Crippen LogP contribution in [-0.2, 0) is 22.1 Å². The molecule has 3 aliphatic rings. The average molecular weight is 566 g/mol. The van der Waals surface area contributed by atoms with Crippen LogP contribution in [0.5, 0.6) is 0 Å². The summed E-state index contributed by atoms with van der Waals surface area (Å²) in [5.74, 6) is 0.939. The van der Waals surface area contributed by atoms with Crippen molar-refractivity contribution in [3.8, 4) is 0 Å². The number of aromatic nitrogens is 2. The van der Waals surface area contributed by atoms with Crippen molar-refractivity contribution < 1.29 is 9.30 Å². The van der Waals surface area contributed by atoms with E-state index in [1.54, 1.807) is 19.5 Å². The summed E-state index contributed by atoms with van der Waals surface area (Å²) in [6.45, 7) is 9.83. The summed E-state index contributed by atoms with van der Waals surface area (Å²) in [5.41, 5.74) is 6.06. The molecular formula is C30H37ClN5O2P. The molecule has 0 radical (unpaired) electrons. The van der Waals surface area contributed by atoms with Crippen molar-refractivity contribution in [2.24, 2.45) is 5.41 Å². The number of hydrogen-bond donors (Lipinski definition) is 2. The Morgan fingerprint density at radius 1 is 1.08 bits per heavy atom. The van der Waals surface area contributed by atoms with Crippen molar-refractivity contribution >= 4 is 47.2 Å². The third-order valence-corrected chi connectivity index (χ3v) is 10.3. The van der Waals surface area contributed by atoms with E-state index < -0.39 is 7.14 Å². The van der Waals surface area contributed by atoms with Gasteiger partial charge in [0.25, 0.3) is 0 Å². The van der Waals surface area contributed by atoms with Crippen LogP contribution in [0.1, 0.15) is 36.0 Å². The SMILES string of the molecule is Cc1ccc(Nc2nc(Nc3ccc4c(c3)CC[C@@H](N3CCC5(COC5)C3)CC4)ncc2Cl)c(P(C)(C)=O)c1. The number of nitrogens with one attached hydrogen (secondary N) is 2. The van der Waals surface area contributed by atoms with Crippen LogP contribution in [0.25, 0.3) is 0 Å². The van der Waals surface area contributed by atoms with Crippen molar-refractivity contribution in [3.05, 3.63) is 64.3 Å². The van der Waals surface area contributed by atoms with Gasteiger partial charge in [0, 0.05) is 29.0 Å². The summed E-state index contributed by atoms with van der Waals surface area (Å²) in [5, 5.41) is 7.85. The second-order valence-corrected chi connectivity index (χ2v) is 15.5. The molecule has 1 spiro atoms. The number of anilines is 4. The highest BCUT2D eigenvalue weighted by molar-refractivity contribution is 7.70. The summed E-state index contributed by atoms with van der Waals surface area (Å²) in [7, 11) is -2.51. The van der Waals surface area contributed by atoms with Crippen LogP contribution in [0.4, 0.5) is 23.1 Å². The van der Waals surface area contributed by atoms with Gasteiger partial charge in [-0.2, -0.15) is 4.98 Å². The number of nitrogens with zero attached hydrogens (tertiary/aromatic N) is 3. The molecule has 2 aromatic carbocycles. The highest BCUT2D eigenvalue weighted by atomic mass is 35.5. The molecule has 0 saturated carbocycles. The molecule has 1 aromatic heterocycles. The summed E-state index contributed by atoms with van der Waals surface area (Å²) < 4.78 is 18.5. The number of benzene rings is 2. The molecule has 1 atom stereocenters. The van der Waals surface area contributed by atoms with Gasteiger partial charge in [-0.3, -0.25) is 4.90 Å². The topological polar surface area (TPSA) is 79.4 Å². The Kier molecular flexibility index (Phi) is 7.22. The molecule has 1 aliphatic carbocycles. The Morgan fingerprint density at radius 2 is 1.87 bits per heavy atom. The van der Waals surface area contributed by atoms with Crippen molar-refractivity contribution in [1.82, 2.24) is 14.9 Å². The molecular weight excluding hydrogens is 529 g/mol. The van der Waals surface area contributed by atoms with E-state index in [-0.39, 0.29) is 0 Å². The van der Waals surface area contributed by atoms with Crippen molar-refractivity contribution in [3.63, 3.8) is 0 Å². The predicted molar refractivity (Wildman–Crippen MR) is 160 cm³/mol. The quantitative estimate of drug-likeness (QED) is 0.274.